The monoisotopic (exact) mass is 372 g/mol. The first kappa shape index (κ1) is 17.5. The molecule has 0 saturated heterocycles. The number of rotatable bonds is 5. The van der Waals surface area contributed by atoms with Gasteiger partial charge in [0.05, 0.1) is 17.4 Å². The molecule has 1 N–H and O–H groups in total. The average molecular weight is 372 g/mol. The van der Waals surface area contributed by atoms with Crippen molar-refractivity contribution in [2.24, 2.45) is 23.7 Å². The van der Waals surface area contributed by atoms with Gasteiger partial charge in [-0.25, -0.2) is 8.42 Å². The Balaban J connectivity index is 1.33. The summed E-state index contributed by atoms with van der Waals surface area (Å²) in [5.74, 6) is 1.88. The predicted octanol–water partition coefficient (Wildman–Crippen LogP) is 2.41. The van der Waals surface area contributed by atoms with Crippen LogP contribution in [0, 0.1) is 35.0 Å². The van der Waals surface area contributed by atoms with E-state index in [0.717, 1.165) is 24.2 Å². The first-order chi connectivity index (χ1) is 12.4. The lowest BCUT2D eigenvalue weighted by Crippen LogP contribution is -2.44. The summed E-state index contributed by atoms with van der Waals surface area (Å²) in [4.78, 5) is 12.3. The van der Waals surface area contributed by atoms with E-state index < -0.39 is 15.6 Å². The molecule has 3 aliphatic rings. The maximum Gasteiger partial charge on any atom is 0.235 e. The van der Waals surface area contributed by atoms with Crippen molar-refractivity contribution in [2.45, 2.75) is 43.9 Å². The highest BCUT2D eigenvalue weighted by Gasteiger charge is 2.54. The summed E-state index contributed by atoms with van der Waals surface area (Å²) in [7, 11) is -3.52. The van der Waals surface area contributed by atoms with Crippen molar-refractivity contribution in [2.75, 3.05) is 5.75 Å². The summed E-state index contributed by atoms with van der Waals surface area (Å²) >= 11 is 0. The Morgan fingerprint density at radius 2 is 1.85 bits per heavy atom. The van der Waals surface area contributed by atoms with Gasteiger partial charge in [-0.15, -0.1) is 0 Å². The minimum Gasteiger partial charge on any atom is -0.352 e. The summed E-state index contributed by atoms with van der Waals surface area (Å²) in [6.07, 6.45) is 6.15. The van der Waals surface area contributed by atoms with Gasteiger partial charge in [0.25, 0.3) is 0 Å². The van der Waals surface area contributed by atoms with Gasteiger partial charge in [-0.2, -0.15) is 5.26 Å². The molecule has 6 heteroatoms. The molecule has 3 saturated carbocycles. The van der Waals surface area contributed by atoms with Crippen molar-refractivity contribution < 1.29 is 13.2 Å². The first-order valence-electron chi connectivity index (χ1n) is 9.44. The Morgan fingerprint density at radius 3 is 2.58 bits per heavy atom. The van der Waals surface area contributed by atoms with Crippen LogP contribution in [-0.2, 0) is 20.4 Å². The zero-order valence-electron chi connectivity index (χ0n) is 14.7. The highest BCUT2D eigenvalue weighted by atomic mass is 32.2. The number of nitriles is 1. The molecule has 1 amide bonds. The maximum atomic E-state index is 12.4. The van der Waals surface area contributed by atoms with Crippen LogP contribution in [-0.4, -0.2) is 26.1 Å². The second kappa shape index (κ2) is 6.70. The first-order valence-corrected chi connectivity index (χ1v) is 11.3. The predicted molar refractivity (Wildman–Crippen MR) is 97.6 cm³/mol. The molecule has 138 valence electrons. The average Bonchev–Trinajstić information content (AvgIpc) is 3.27. The summed E-state index contributed by atoms with van der Waals surface area (Å²) in [5, 5.41) is 11.8. The summed E-state index contributed by atoms with van der Waals surface area (Å²) in [6, 6.07) is 8.62. The third kappa shape index (κ3) is 3.37. The highest BCUT2D eigenvalue weighted by Crippen LogP contribution is 2.58. The number of nitrogens with one attached hydrogen (secondary N) is 1. The molecule has 1 aromatic carbocycles. The molecule has 2 bridgehead atoms. The van der Waals surface area contributed by atoms with Crippen LogP contribution in [0.25, 0.3) is 0 Å². The van der Waals surface area contributed by atoms with Crippen LogP contribution in [0.5, 0.6) is 0 Å². The van der Waals surface area contributed by atoms with Gasteiger partial charge < -0.3 is 5.32 Å². The van der Waals surface area contributed by atoms with Crippen LogP contribution in [0.3, 0.4) is 0 Å². The van der Waals surface area contributed by atoms with E-state index in [9.17, 15) is 13.2 Å². The number of sulfone groups is 1. The summed E-state index contributed by atoms with van der Waals surface area (Å²) in [6.45, 7) is 0. The van der Waals surface area contributed by atoms with E-state index in [4.69, 9.17) is 5.26 Å². The van der Waals surface area contributed by atoms with E-state index in [2.05, 4.69) is 5.32 Å². The van der Waals surface area contributed by atoms with Crippen LogP contribution in [0.15, 0.2) is 24.3 Å². The lowest BCUT2D eigenvalue weighted by molar-refractivity contribution is -0.119. The summed E-state index contributed by atoms with van der Waals surface area (Å²) in [5.41, 5.74) is 1.09. The third-order valence-electron chi connectivity index (χ3n) is 6.60. The van der Waals surface area contributed by atoms with Crippen molar-refractivity contribution in [3.05, 3.63) is 35.4 Å². The van der Waals surface area contributed by atoms with Crippen LogP contribution in [0.4, 0.5) is 0 Å². The molecule has 0 aromatic heterocycles. The van der Waals surface area contributed by atoms with E-state index in [1.54, 1.807) is 24.3 Å². The molecular weight excluding hydrogens is 348 g/mol. The number of hydrogen-bond acceptors (Lipinski definition) is 4. The van der Waals surface area contributed by atoms with Gasteiger partial charge in [-0.05, 0) is 67.1 Å². The highest BCUT2D eigenvalue weighted by molar-refractivity contribution is 7.91. The second-order valence-corrected chi connectivity index (χ2v) is 10.2. The lowest BCUT2D eigenvalue weighted by atomic mass is 9.79. The van der Waals surface area contributed by atoms with Crippen LogP contribution in [0.2, 0.25) is 0 Å². The van der Waals surface area contributed by atoms with Gasteiger partial charge in [0.15, 0.2) is 9.84 Å². The molecule has 26 heavy (non-hydrogen) atoms. The molecule has 0 aliphatic heterocycles. The molecule has 0 spiro atoms. The number of hydrogen-bond donors (Lipinski definition) is 1. The molecule has 0 radical (unpaired) electrons. The standard InChI is InChI=1S/C20H24N2O3S/c21-10-13-4-6-14(7-5-13)11-26(24,25)12-20(23)22-19-9-15-8-18(19)17-3-1-2-16(15)17/h4-7,15-19H,1-3,8-9,11-12H2,(H,22,23)/t15-,16+,17-,18+,19-/m1/s1. The van der Waals surface area contributed by atoms with E-state index >= 15 is 0 Å². The van der Waals surface area contributed by atoms with Crippen molar-refractivity contribution in [3.8, 4) is 6.07 Å². The Hall–Kier alpha value is -1.87. The number of benzene rings is 1. The van der Waals surface area contributed by atoms with Crippen molar-refractivity contribution in [1.82, 2.24) is 5.32 Å². The van der Waals surface area contributed by atoms with Crippen LogP contribution >= 0.6 is 0 Å². The van der Waals surface area contributed by atoms with E-state index in [-0.39, 0.29) is 17.7 Å². The fourth-order valence-electron chi connectivity index (χ4n) is 5.66. The molecule has 0 unspecified atom stereocenters. The number of fused-ring (bicyclic) bond motifs is 5. The normalized spacial score (nSPS) is 32.2. The Kier molecular flexibility index (Phi) is 4.52. The quantitative estimate of drug-likeness (QED) is 0.860. The van der Waals surface area contributed by atoms with Gasteiger partial charge in [-0.1, -0.05) is 18.6 Å². The number of amides is 1. The zero-order valence-corrected chi connectivity index (χ0v) is 15.5. The van der Waals surface area contributed by atoms with Crippen LogP contribution < -0.4 is 5.32 Å². The van der Waals surface area contributed by atoms with Gasteiger partial charge in [-0.3, -0.25) is 4.79 Å². The van der Waals surface area contributed by atoms with E-state index in [1.807, 2.05) is 6.07 Å². The second-order valence-electron chi connectivity index (χ2n) is 8.17. The zero-order chi connectivity index (χ0) is 18.3. The maximum absolute atomic E-state index is 12.4. The van der Waals surface area contributed by atoms with Crippen molar-refractivity contribution in [1.29, 1.82) is 5.26 Å². The molecule has 0 heterocycles. The van der Waals surface area contributed by atoms with Gasteiger partial charge in [0, 0.05) is 6.04 Å². The Bertz CT molecular complexity index is 841. The number of nitrogens with zero attached hydrogens (tertiary/aromatic N) is 1. The fraction of sp³-hybridized carbons (Fsp3) is 0.600. The Morgan fingerprint density at radius 1 is 1.12 bits per heavy atom. The van der Waals surface area contributed by atoms with Crippen molar-refractivity contribution in [3.63, 3.8) is 0 Å². The third-order valence-corrected chi connectivity index (χ3v) is 8.07. The molecule has 4 rings (SSSR count). The van der Waals surface area contributed by atoms with E-state index in [0.29, 0.717) is 17.0 Å². The minimum absolute atomic E-state index is 0.164. The molecule has 1 aromatic rings. The topological polar surface area (TPSA) is 87.0 Å². The molecule has 3 aliphatic carbocycles. The smallest absolute Gasteiger partial charge is 0.235 e. The van der Waals surface area contributed by atoms with Gasteiger partial charge in [0.2, 0.25) is 5.91 Å². The molecular formula is C20H24N2O3S. The minimum atomic E-state index is -3.52. The molecule has 3 fully saturated rings. The SMILES string of the molecule is N#Cc1ccc(CS(=O)(=O)CC(=O)N[C@@H]2C[C@H]3C[C@H]2[C@@H]2CCC[C@@H]32)cc1. The van der Waals surface area contributed by atoms with E-state index in [1.165, 1.54) is 25.7 Å². The van der Waals surface area contributed by atoms with Gasteiger partial charge in [0.1, 0.15) is 5.75 Å². The Labute approximate surface area is 154 Å². The van der Waals surface area contributed by atoms with Crippen molar-refractivity contribution >= 4 is 15.7 Å². The summed E-state index contributed by atoms with van der Waals surface area (Å²) < 4.78 is 24.7. The van der Waals surface area contributed by atoms with Gasteiger partial charge >= 0.3 is 0 Å². The number of carbonyl (C=O) groups excluding carboxylic acids is 1. The molecule has 5 nitrogen and oxygen atoms in total. The fourth-order valence-corrected chi connectivity index (χ4v) is 6.95. The number of carbonyl (C=O) groups is 1. The largest absolute Gasteiger partial charge is 0.352 e. The molecule has 5 atom stereocenters. The van der Waals surface area contributed by atoms with Crippen LogP contribution in [0.1, 0.15) is 43.2 Å². The lowest BCUT2D eigenvalue weighted by Gasteiger charge is -2.32.